The van der Waals surface area contributed by atoms with Gasteiger partial charge in [-0.3, -0.25) is 0 Å². The molecule has 0 aliphatic carbocycles. The van der Waals surface area contributed by atoms with Gasteiger partial charge in [0.15, 0.2) is 0 Å². The van der Waals surface area contributed by atoms with Crippen molar-refractivity contribution >= 4 is 19.1 Å². The second-order valence-corrected chi connectivity index (χ2v) is 4.40. The van der Waals surface area contributed by atoms with Crippen LogP contribution in [0.4, 0.5) is 5.82 Å². The van der Waals surface area contributed by atoms with Crippen molar-refractivity contribution in [2.45, 2.75) is 33.6 Å². The number of allylic oxidation sites excluding steroid dienone is 2. The van der Waals surface area contributed by atoms with Crippen LogP contribution < -0.4 is 10.8 Å². The van der Waals surface area contributed by atoms with E-state index in [1.54, 1.807) is 0 Å². The van der Waals surface area contributed by atoms with E-state index in [2.05, 4.69) is 30.7 Å². The predicted molar refractivity (Wildman–Crippen MR) is 76.0 cm³/mol. The summed E-state index contributed by atoms with van der Waals surface area (Å²) in [6.45, 7) is 12.0. The lowest BCUT2D eigenvalue weighted by atomic mass is 9.84. The third-order valence-corrected chi connectivity index (χ3v) is 2.56. The SMILES string of the molecule is [B]c1c(C(C)C)cc(NC(=C)/C=C\C)nc1C. The van der Waals surface area contributed by atoms with Crippen molar-refractivity contribution in [3.05, 3.63) is 41.8 Å². The third-order valence-electron chi connectivity index (χ3n) is 2.56. The van der Waals surface area contributed by atoms with Crippen molar-refractivity contribution in [2.75, 3.05) is 5.32 Å². The highest BCUT2D eigenvalue weighted by molar-refractivity contribution is 6.34. The molecule has 0 saturated carbocycles. The zero-order chi connectivity index (χ0) is 13.0. The number of hydrogen-bond acceptors (Lipinski definition) is 2. The highest BCUT2D eigenvalue weighted by atomic mass is 15.0. The maximum atomic E-state index is 6.02. The molecule has 2 radical (unpaired) electrons. The van der Waals surface area contributed by atoms with E-state index in [4.69, 9.17) is 7.85 Å². The van der Waals surface area contributed by atoms with E-state index in [0.717, 1.165) is 28.2 Å². The molecule has 88 valence electrons. The van der Waals surface area contributed by atoms with Crippen LogP contribution in [0, 0.1) is 6.92 Å². The lowest BCUT2D eigenvalue weighted by Gasteiger charge is -2.15. The molecular formula is C14H19BN2. The van der Waals surface area contributed by atoms with Crippen LogP contribution in [0.5, 0.6) is 0 Å². The Labute approximate surface area is 105 Å². The Hall–Kier alpha value is -1.51. The number of hydrogen-bond donors (Lipinski definition) is 1. The first-order chi connectivity index (χ1) is 7.95. The minimum atomic E-state index is 0.382. The second-order valence-electron chi connectivity index (χ2n) is 4.40. The molecule has 0 aliphatic rings. The van der Waals surface area contributed by atoms with Gasteiger partial charge in [0, 0.05) is 11.4 Å². The molecule has 0 amide bonds. The van der Waals surface area contributed by atoms with E-state index in [9.17, 15) is 0 Å². The van der Waals surface area contributed by atoms with Gasteiger partial charge in [0.2, 0.25) is 0 Å². The van der Waals surface area contributed by atoms with Crippen LogP contribution in [0.2, 0.25) is 0 Å². The van der Waals surface area contributed by atoms with Crippen LogP contribution in [-0.2, 0) is 0 Å². The monoisotopic (exact) mass is 226 g/mol. The van der Waals surface area contributed by atoms with E-state index in [1.165, 1.54) is 0 Å². The molecule has 3 heteroatoms. The summed E-state index contributed by atoms with van der Waals surface area (Å²) in [5, 5.41) is 3.16. The second kappa shape index (κ2) is 5.71. The summed E-state index contributed by atoms with van der Waals surface area (Å²) in [7, 11) is 6.02. The van der Waals surface area contributed by atoms with Crippen LogP contribution in [0.1, 0.15) is 37.9 Å². The minimum absolute atomic E-state index is 0.382. The predicted octanol–water partition coefficient (Wildman–Crippen LogP) is 2.81. The van der Waals surface area contributed by atoms with Gasteiger partial charge in [-0.15, -0.1) is 0 Å². The highest BCUT2D eigenvalue weighted by Gasteiger charge is 2.08. The summed E-state index contributed by atoms with van der Waals surface area (Å²) >= 11 is 0. The average Bonchev–Trinajstić information content (AvgIpc) is 2.23. The summed E-state index contributed by atoms with van der Waals surface area (Å²) in [6, 6.07) is 1.99. The number of nitrogens with zero attached hydrogens (tertiary/aromatic N) is 1. The fourth-order valence-electron chi connectivity index (χ4n) is 1.66. The average molecular weight is 226 g/mol. The summed E-state index contributed by atoms with van der Waals surface area (Å²) in [6.07, 6.45) is 3.84. The summed E-state index contributed by atoms with van der Waals surface area (Å²) in [5.41, 5.74) is 3.57. The zero-order valence-corrected chi connectivity index (χ0v) is 11.0. The molecule has 0 aromatic carbocycles. The van der Waals surface area contributed by atoms with E-state index in [1.807, 2.05) is 32.1 Å². The molecule has 1 aromatic rings. The molecule has 1 N–H and O–H groups in total. The van der Waals surface area contributed by atoms with Crippen LogP contribution >= 0.6 is 0 Å². The van der Waals surface area contributed by atoms with Crippen LogP contribution in [-0.4, -0.2) is 12.8 Å². The topological polar surface area (TPSA) is 24.9 Å². The largest absolute Gasteiger partial charge is 0.341 e. The number of anilines is 1. The number of aromatic nitrogens is 1. The van der Waals surface area contributed by atoms with Crippen molar-refractivity contribution in [2.24, 2.45) is 0 Å². The summed E-state index contributed by atoms with van der Waals surface area (Å²) < 4.78 is 0. The van der Waals surface area contributed by atoms with Crippen molar-refractivity contribution in [3.63, 3.8) is 0 Å². The molecule has 0 bridgehead atoms. The molecule has 0 aliphatic heterocycles. The summed E-state index contributed by atoms with van der Waals surface area (Å²) in [4.78, 5) is 4.41. The van der Waals surface area contributed by atoms with Gasteiger partial charge < -0.3 is 5.32 Å². The number of nitrogens with one attached hydrogen (secondary N) is 1. The lowest BCUT2D eigenvalue weighted by molar-refractivity contribution is 0.868. The molecule has 17 heavy (non-hydrogen) atoms. The smallest absolute Gasteiger partial charge is 0.130 e. The van der Waals surface area contributed by atoms with Crippen LogP contribution in [0.25, 0.3) is 0 Å². The Morgan fingerprint density at radius 3 is 2.71 bits per heavy atom. The first kappa shape index (κ1) is 13.6. The molecule has 1 rings (SSSR count). The molecule has 0 atom stereocenters. The zero-order valence-electron chi connectivity index (χ0n) is 11.0. The van der Waals surface area contributed by atoms with Crippen molar-refractivity contribution in [1.29, 1.82) is 0 Å². The summed E-state index contributed by atoms with van der Waals surface area (Å²) in [5.74, 6) is 1.18. The van der Waals surface area contributed by atoms with Crippen molar-refractivity contribution < 1.29 is 0 Å². The first-order valence-electron chi connectivity index (χ1n) is 5.81. The number of aryl methyl sites for hydroxylation is 1. The molecule has 0 spiro atoms. The van der Waals surface area contributed by atoms with E-state index >= 15 is 0 Å². The normalized spacial score (nSPS) is 11.1. The van der Waals surface area contributed by atoms with Gasteiger partial charge in [0.25, 0.3) is 0 Å². The van der Waals surface area contributed by atoms with Gasteiger partial charge >= 0.3 is 0 Å². The van der Waals surface area contributed by atoms with Gasteiger partial charge in [0.05, 0.1) is 0 Å². The highest BCUT2D eigenvalue weighted by Crippen LogP contribution is 2.17. The Bertz CT molecular complexity index is 448. The number of rotatable bonds is 4. The van der Waals surface area contributed by atoms with Crippen LogP contribution in [0.15, 0.2) is 30.5 Å². The van der Waals surface area contributed by atoms with Gasteiger partial charge in [0.1, 0.15) is 13.7 Å². The van der Waals surface area contributed by atoms with Crippen molar-refractivity contribution in [3.8, 4) is 0 Å². The van der Waals surface area contributed by atoms with Gasteiger partial charge in [-0.25, -0.2) is 4.98 Å². The number of pyridine rings is 1. The van der Waals surface area contributed by atoms with Gasteiger partial charge in [-0.05, 0) is 37.5 Å². The Balaban J connectivity index is 3.06. The lowest BCUT2D eigenvalue weighted by Crippen LogP contribution is -2.18. The fourth-order valence-corrected chi connectivity index (χ4v) is 1.66. The van der Waals surface area contributed by atoms with E-state index < -0.39 is 0 Å². The van der Waals surface area contributed by atoms with Crippen LogP contribution in [0.3, 0.4) is 0 Å². The molecular weight excluding hydrogens is 207 g/mol. The minimum Gasteiger partial charge on any atom is -0.341 e. The molecule has 0 saturated heterocycles. The molecule has 0 unspecified atom stereocenters. The van der Waals surface area contributed by atoms with Crippen molar-refractivity contribution in [1.82, 2.24) is 4.98 Å². The fraction of sp³-hybridized carbons (Fsp3) is 0.357. The maximum absolute atomic E-state index is 6.02. The Morgan fingerprint density at radius 2 is 2.18 bits per heavy atom. The Morgan fingerprint density at radius 1 is 1.53 bits per heavy atom. The third kappa shape index (κ3) is 3.48. The van der Waals surface area contributed by atoms with Gasteiger partial charge in [-0.2, -0.15) is 0 Å². The van der Waals surface area contributed by atoms with E-state index in [-0.39, 0.29) is 0 Å². The maximum Gasteiger partial charge on any atom is 0.130 e. The van der Waals surface area contributed by atoms with Gasteiger partial charge in [-0.1, -0.05) is 32.0 Å². The molecule has 0 fully saturated rings. The molecule has 2 nitrogen and oxygen atoms in total. The Kier molecular flexibility index (Phi) is 4.56. The first-order valence-corrected chi connectivity index (χ1v) is 5.81. The van der Waals surface area contributed by atoms with E-state index in [0.29, 0.717) is 5.92 Å². The molecule has 1 heterocycles. The quantitative estimate of drug-likeness (QED) is 0.630. The standard InChI is InChI=1S/C14H19BN2/c1-6-7-10(4)16-13-8-12(9(2)3)14(15)11(5)17-13/h6-9H,4H2,1-3,5H3,(H,16,17)/b7-6-. The molecule has 1 aromatic heterocycles.